The Balaban J connectivity index is 1.97. The first kappa shape index (κ1) is 17.3. The number of carbonyl (C=O) groups excluding carboxylic acids is 2. The fraction of sp³-hybridized carbons (Fsp3) is 0.882. The van der Waals surface area contributed by atoms with Gasteiger partial charge in [0.15, 0.2) is 0 Å². The molecule has 1 unspecified atom stereocenters. The van der Waals surface area contributed by atoms with Gasteiger partial charge in [0.2, 0.25) is 11.8 Å². The van der Waals surface area contributed by atoms with Crippen molar-refractivity contribution in [3.05, 3.63) is 0 Å². The van der Waals surface area contributed by atoms with E-state index < -0.39 is 11.6 Å². The van der Waals surface area contributed by atoms with Crippen molar-refractivity contribution in [3.63, 3.8) is 0 Å². The van der Waals surface area contributed by atoms with Crippen molar-refractivity contribution in [3.8, 4) is 0 Å². The number of rotatable bonds is 6. The minimum absolute atomic E-state index is 0.0895. The van der Waals surface area contributed by atoms with Crippen LogP contribution in [0.2, 0.25) is 0 Å². The van der Waals surface area contributed by atoms with Gasteiger partial charge in [-0.05, 0) is 38.0 Å². The Hall–Kier alpha value is -1.10. The maximum Gasteiger partial charge on any atom is 0.242 e. The molecule has 1 aliphatic carbocycles. The third-order valence-corrected chi connectivity index (χ3v) is 4.86. The monoisotopic (exact) mass is 310 g/mol. The summed E-state index contributed by atoms with van der Waals surface area (Å²) in [5.74, 6) is 0.330. The van der Waals surface area contributed by atoms with E-state index in [1.54, 1.807) is 4.90 Å². The van der Waals surface area contributed by atoms with Crippen molar-refractivity contribution < 1.29 is 14.7 Å². The summed E-state index contributed by atoms with van der Waals surface area (Å²) in [4.78, 5) is 26.5. The molecule has 0 spiro atoms. The molecule has 0 radical (unpaired) electrons. The van der Waals surface area contributed by atoms with Gasteiger partial charge in [-0.15, -0.1) is 0 Å². The number of amides is 2. The van der Waals surface area contributed by atoms with Gasteiger partial charge in [-0.2, -0.15) is 0 Å². The number of hydrogen-bond acceptors (Lipinski definition) is 3. The van der Waals surface area contributed by atoms with E-state index in [1.807, 2.05) is 0 Å². The number of hydrogen-bond donors (Lipinski definition) is 2. The molecule has 2 rings (SSSR count). The van der Waals surface area contributed by atoms with Crippen molar-refractivity contribution in [1.29, 1.82) is 0 Å². The maximum absolute atomic E-state index is 12.6. The molecule has 5 nitrogen and oxygen atoms in total. The smallest absolute Gasteiger partial charge is 0.242 e. The van der Waals surface area contributed by atoms with Crippen molar-refractivity contribution >= 4 is 11.8 Å². The Morgan fingerprint density at radius 3 is 2.55 bits per heavy atom. The number of nitrogens with zero attached hydrogens (tertiary/aromatic N) is 1. The van der Waals surface area contributed by atoms with Gasteiger partial charge in [0, 0.05) is 19.5 Å². The highest BCUT2D eigenvalue weighted by molar-refractivity contribution is 5.88. The van der Waals surface area contributed by atoms with Gasteiger partial charge in [0.05, 0.1) is 5.60 Å². The van der Waals surface area contributed by atoms with E-state index in [9.17, 15) is 14.7 Å². The summed E-state index contributed by atoms with van der Waals surface area (Å²) in [6.07, 6.45) is 6.67. The topological polar surface area (TPSA) is 69.6 Å². The molecule has 22 heavy (non-hydrogen) atoms. The van der Waals surface area contributed by atoms with Crippen LogP contribution in [0.3, 0.4) is 0 Å². The first-order chi connectivity index (χ1) is 10.4. The Morgan fingerprint density at radius 2 is 1.95 bits per heavy atom. The van der Waals surface area contributed by atoms with Gasteiger partial charge >= 0.3 is 0 Å². The lowest BCUT2D eigenvalue weighted by Crippen LogP contribution is -2.54. The molecule has 126 valence electrons. The molecule has 0 aromatic rings. The van der Waals surface area contributed by atoms with E-state index in [0.717, 1.165) is 38.5 Å². The normalized spacial score (nSPS) is 22.9. The molecule has 1 aliphatic heterocycles. The zero-order valence-electron chi connectivity index (χ0n) is 13.9. The van der Waals surface area contributed by atoms with E-state index >= 15 is 0 Å². The largest absolute Gasteiger partial charge is 0.388 e. The van der Waals surface area contributed by atoms with Crippen LogP contribution < -0.4 is 5.32 Å². The van der Waals surface area contributed by atoms with Crippen LogP contribution in [-0.4, -0.2) is 46.6 Å². The average molecular weight is 310 g/mol. The van der Waals surface area contributed by atoms with E-state index in [4.69, 9.17) is 0 Å². The summed E-state index contributed by atoms with van der Waals surface area (Å²) in [6.45, 7) is 5.12. The SMILES string of the molecule is CC(C)CC(C(=O)NCC1(O)CCCC1)N1CCCCC1=O. The summed E-state index contributed by atoms with van der Waals surface area (Å²) >= 11 is 0. The second-order valence-electron chi connectivity index (χ2n) is 7.34. The summed E-state index contributed by atoms with van der Waals surface area (Å²) in [6, 6.07) is -0.391. The Morgan fingerprint density at radius 1 is 1.27 bits per heavy atom. The van der Waals surface area contributed by atoms with Gasteiger partial charge < -0.3 is 15.3 Å². The van der Waals surface area contributed by atoms with Crippen LogP contribution in [0.15, 0.2) is 0 Å². The zero-order valence-corrected chi connectivity index (χ0v) is 13.9. The number of carbonyl (C=O) groups is 2. The summed E-state index contributed by atoms with van der Waals surface area (Å²) in [5.41, 5.74) is -0.746. The maximum atomic E-state index is 12.6. The van der Waals surface area contributed by atoms with Crippen molar-refractivity contribution in [2.45, 2.75) is 76.9 Å². The first-order valence-corrected chi connectivity index (χ1v) is 8.71. The third kappa shape index (κ3) is 4.45. The fourth-order valence-electron chi connectivity index (χ4n) is 3.56. The highest BCUT2D eigenvalue weighted by Gasteiger charge is 2.35. The third-order valence-electron chi connectivity index (χ3n) is 4.86. The van der Waals surface area contributed by atoms with Crippen molar-refractivity contribution in [2.24, 2.45) is 5.92 Å². The lowest BCUT2D eigenvalue weighted by molar-refractivity contribution is -0.143. The number of piperidine rings is 1. The number of likely N-dealkylation sites (tertiary alicyclic amines) is 1. The van der Waals surface area contributed by atoms with E-state index in [-0.39, 0.29) is 11.8 Å². The van der Waals surface area contributed by atoms with E-state index in [0.29, 0.717) is 31.8 Å². The molecule has 2 amide bonds. The quantitative estimate of drug-likeness (QED) is 0.786. The molecule has 5 heteroatoms. The van der Waals surface area contributed by atoms with Crippen LogP contribution in [-0.2, 0) is 9.59 Å². The predicted molar refractivity (Wildman–Crippen MR) is 85.2 cm³/mol. The molecular formula is C17H30N2O3. The minimum Gasteiger partial charge on any atom is -0.388 e. The van der Waals surface area contributed by atoms with Crippen LogP contribution in [0.25, 0.3) is 0 Å². The van der Waals surface area contributed by atoms with Crippen LogP contribution in [0.5, 0.6) is 0 Å². The lowest BCUT2D eigenvalue weighted by atomic mass is 9.97. The number of aliphatic hydroxyl groups is 1. The molecule has 1 saturated heterocycles. The highest BCUT2D eigenvalue weighted by Crippen LogP contribution is 2.28. The molecular weight excluding hydrogens is 280 g/mol. The van der Waals surface area contributed by atoms with Crippen molar-refractivity contribution in [2.75, 3.05) is 13.1 Å². The average Bonchev–Trinajstić information content (AvgIpc) is 2.90. The summed E-state index contributed by atoms with van der Waals surface area (Å²) in [5, 5.41) is 13.3. The van der Waals surface area contributed by atoms with E-state index in [2.05, 4.69) is 19.2 Å². The molecule has 0 bridgehead atoms. The molecule has 0 aromatic carbocycles. The predicted octanol–water partition coefficient (Wildman–Crippen LogP) is 1.83. The van der Waals surface area contributed by atoms with Gasteiger partial charge in [0.1, 0.15) is 6.04 Å². The molecule has 1 saturated carbocycles. The molecule has 2 N–H and O–H groups in total. The zero-order chi connectivity index (χ0) is 16.2. The van der Waals surface area contributed by atoms with Gasteiger partial charge in [0.25, 0.3) is 0 Å². The number of nitrogens with one attached hydrogen (secondary N) is 1. The van der Waals surface area contributed by atoms with Gasteiger partial charge in [-0.25, -0.2) is 0 Å². The Labute approximate surface area is 133 Å². The minimum atomic E-state index is -0.746. The fourth-order valence-corrected chi connectivity index (χ4v) is 3.56. The second kappa shape index (κ2) is 7.44. The Kier molecular flexibility index (Phi) is 5.84. The second-order valence-corrected chi connectivity index (χ2v) is 7.34. The van der Waals surface area contributed by atoms with Crippen LogP contribution >= 0.6 is 0 Å². The van der Waals surface area contributed by atoms with Gasteiger partial charge in [-0.1, -0.05) is 26.7 Å². The summed E-state index contributed by atoms with van der Waals surface area (Å²) < 4.78 is 0. The first-order valence-electron chi connectivity index (χ1n) is 8.71. The Bertz CT molecular complexity index is 403. The standard InChI is InChI=1S/C17H30N2O3/c1-13(2)11-14(19-10-6-3-7-15(19)20)16(21)18-12-17(22)8-4-5-9-17/h13-14,22H,3-12H2,1-2H3,(H,18,21). The van der Waals surface area contributed by atoms with E-state index in [1.165, 1.54) is 0 Å². The summed E-state index contributed by atoms with van der Waals surface area (Å²) in [7, 11) is 0. The molecule has 1 atom stereocenters. The van der Waals surface area contributed by atoms with Crippen LogP contribution in [0.4, 0.5) is 0 Å². The molecule has 2 fully saturated rings. The van der Waals surface area contributed by atoms with Crippen molar-refractivity contribution in [1.82, 2.24) is 10.2 Å². The highest BCUT2D eigenvalue weighted by atomic mass is 16.3. The van der Waals surface area contributed by atoms with Crippen LogP contribution in [0.1, 0.15) is 65.2 Å². The van der Waals surface area contributed by atoms with Crippen LogP contribution in [0, 0.1) is 5.92 Å². The molecule has 2 aliphatic rings. The lowest BCUT2D eigenvalue weighted by Gasteiger charge is -2.35. The molecule has 0 aromatic heterocycles. The van der Waals surface area contributed by atoms with Gasteiger partial charge in [-0.3, -0.25) is 9.59 Å². The molecule has 1 heterocycles.